The van der Waals surface area contributed by atoms with E-state index in [4.69, 9.17) is 18.6 Å². The maximum atomic E-state index is 13.8. The number of hydrogen-bond donors (Lipinski definition) is 0. The van der Waals surface area contributed by atoms with Crippen LogP contribution in [0.3, 0.4) is 0 Å². The van der Waals surface area contributed by atoms with Crippen molar-refractivity contribution < 1.29 is 37.8 Å². The molecule has 0 radical (unpaired) electrons. The van der Waals surface area contributed by atoms with Crippen LogP contribution in [0.1, 0.15) is 63.9 Å². The summed E-state index contributed by atoms with van der Waals surface area (Å²) in [5.41, 5.74) is -0.869. The molecule has 2 aliphatic carbocycles. The Morgan fingerprint density at radius 1 is 1.24 bits per heavy atom. The number of ether oxygens (including phenoxy) is 3. The minimum atomic E-state index is -1.06. The third-order valence-electron chi connectivity index (χ3n) is 8.16. The van der Waals surface area contributed by atoms with Gasteiger partial charge in [0.2, 0.25) is 0 Å². The quantitative estimate of drug-likeness (QED) is 0.497. The summed E-state index contributed by atoms with van der Waals surface area (Å²) in [5.74, 6) is -2.98. The summed E-state index contributed by atoms with van der Waals surface area (Å²) in [6, 6.07) is 1.74. The standard InChI is InChI=1S/C25H30O8/c1-6-17-14(8-10-31-17)19-12-25(4)15(23(29)33-19)7-9-24(3)16(22(28)30-5)11-18(32-13(2)26)20(27)21(24)25/h6,8,10,15-16,18-19,21H,1,7,9,11-12H2,2-5H3/t15-,16-,18-,19-,21-,24-,25-/m0/s1. The Labute approximate surface area is 192 Å². The van der Waals surface area contributed by atoms with Crippen LogP contribution >= 0.6 is 0 Å². The van der Waals surface area contributed by atoms with Gasteiger partial charge in [0.15, 0.2) is 11.9 Å². The SMILES string of the molecule is C=Cc1occc1[C@@H]1C[C@]2(C)[C@H]3C(=O)[C@@H](OC(C)=O)C[C@@H](C(=O)OC)[C@]3(C)CC[C@H]2C(=O)O1. The molecule has 1 aliphatic heterocycles. The normalized spacial score (nSPS) is 37.9. The lowest BCUT2D eigenvalue weighted by atomic mass is 9.43. The smallest absolute Gasteiger partial charge is 0.310 e. The summed E-state index contributed by atoms with van der Waals surface area (Å²) in [4.78, 5) is 51.6. The van der Waals surface area contributed by atoms with Crippen LogP contribution in [-0.4, -0.2) is 36.9 Å². The highest BCUT2D eigenvalue weighted by Crippen LogP contribution is 2.65. The van der Waals surface area contributed by atoms with Gasteiger partial charge in [-0.1, -0.05) is 20.4 Å². The fourth-order valence-electron chi connectivity index (χ4n) is 6.76. The highest BCUT2D eigenvalue weighted by atomic mass is 16.6. The first kappa shape index (κ1) is 23.3. The molecule has 3 fully saturated rings. The number of carbonyl (C=O) groups excluding carboxylic acids is 4. The first-order chi connectivity index (χ1) is 15.6. The zero-order valence-corrected chi connectivity index (χ0v) is 19.4. The van der Waals surface area contributed by atoms with E-state index >= 15 is 0 Å². The van der Waals surface area contributed by atoms with E-state index in [1.54, 1.807) is 12.1 Å². The third-order valence-corrected chi connectivity index (χ3v) is 8.16. The van der Waals surface area contributed by atoms with Gasteiger partial charge in [-0.2, -0.15) is 0 Å². The molecule has 4 rings (SSSR count). The predicted octanol–water partition coefficient (Wildman–Crippen LogP) is 3.64. The van der Waals surface area contributed by atoms with E-state index in [9.17, 15) is 19.2 Å². The number of cyclic esters (lactones) is 1. The van der Waals surface area contributed by atoms with E-state index in [-0.39, 0.29) is 18.2 Å². The molecule has 0 amide bonds. The van der Waals surface area contributed by atoms with Gasteiger partial charge in [0, 0.05) is 24.8 Å². The minimum Gasteiger partial charge on any atom is -0.469 e. The summed E-state index contributed by atoms with van der Waals surface area (Å²) in [7, 11) is 1.31. The lowest BCUT2D eigenvalue weighted by Gasteiger charge is -2.61. The number of carbonyl (C=O) groups is 4. The van der Waals surface area contributed by atoms with Crippen molar-refractivity contribution in [3.8, 4) is 0 Å². The average Bonchev–Trinajstić information content (AvgIpc) is 3.23. The molecule has 2 heterocycles. The van der Waals surface area contributed by atoms with Gasteiger partial charge in [-0.05, 0) is 42.2 Å². The Hall–Kier alpha value is -2.90. The number of furan rings is 1. The fraction of sp³-hybridized carbons (Fsp3) is 0.600. The van der Waals surface area contributed by atoms with Crippen molar-refractivity contribution in [1.29, 1.82) is 0 Å². The lowest BCUT2D eigenvalue weighted by molar-refractivity contribution is -0.210. The van der Waals surface area contributed by atoms with Gasteiger partial charge in [0.25, 0.3) is 0 Å². The largest absolute Gasteiger partial charge is 0.469 e. The molecule has 1 aromatic rings. The Kier molecular flexibility index (Phi) is 5.75. The zero-order chi connectivity index (χ0) is 24.1. The number of esters is 3. The number of hydrogen-bond acceptors (Lipinski definition) is 8. The van der Waals surface area contributed by atoms with E-state index in [2.05, 4.69) is 6.58 Å². The number of methoxy groups -OCH3 is 1. The number of fused-ring (bicyclic) bond motifs is 3. The first-order valence-electron chi connectivity index (χ1n) is 11.3. The molecule has 1 aromatic heterocycles. The van der Waals surface area contributed by atoms with Crippen molar-refractivity contribution in [2.24, 2.45) is 28.6 Å². The van der Waals surface area contributed by atoms with Crippen molar-refractivity contribution in [3.63, 3.8) is 0 Å². The van der Waals surface area contributed by atoms with E-state index in [1.165, 1.54) is 20.3 Å². The highest BCUT2D eigenvalue weighted by molar-refractivity contribution is 5.93. The van der Waals surface area contributed by atoms with Crippen LogP contribution in [0.15, 0.2) is 23.3 Å². The molecular formula is C25H30O8. The van der Waals surface area contributed by atoms with Gasteiger partial charge in [-0.3, -0.25) is 19.2 Å². The Morgan fingerprint density at radius 2 is 1.97 bits per heavy atom. The molecule has 0 bridgehead atoms. The molecule has 0 aromatic carbocycles. The molecule has 0 unspecified atom stereocenters. The van der Waals surface area contributed by atoms with Crippen LogP contribution < -0.4 is 0 Å². The molecular weight excluding hydrogens is 428 g/mol. The maximum Gasteiger partial charge on any atom is 0.310 e. The lowest BCUT2D eigenvalue weighted by Crippen LogP contribution is -2.64. The number of ketones is 1. The molecule has 0 spiro atoms. The molecule has 1 saturated heterocycles. The second-order valence-electron chi connectivity index (χ2n) is 9.92. The fourth-order valence-corrected chi connectivity index (χ4v) is 6.76. The molecule has 7 atom stereocenters. The summed E-state index contributed by atoms with van der Waals surface area (Å²) < 4.78 is 21.7. The summed E-state index contributed by atoms with van der Waals surface area (Å²) in [5, 5.41) is 0. The van der Waals surface area contributed by atoms with Gasteiger partial charge in [-0.25, -0.2) is 0 Å². The van der Waals surface area contributed by atoms with E-state index in [1.807, 2.05) is 13.8 Å². The van der Waals surface area contributed by atoms with Gasteiger partial charge in [0.1, 0.15) is 11.9 Å². The van der Waals surface area contributed by atoms with Crippen LogP contribution in [-0.2, 0) is 33.4 Å². The molecule has 8 nitrogen and oxygen atoms in total. The maximum absolute atomic E-state index is 13.8. The molecule has 8 heteroatoms. The molecule has 3 aliphatic rings. The molecule has 178 valence electrons. The van der Waals surface area contributed by atoms with Crippen molar-refractivity contribution in [1.82, 2.24) is 0 Å². The summed E-state index contributed by atoms with van der Waals surface area (Å²) in [6.45, 7) is 8.83. The van der Waals surface area contributed by atoms with Gasteiger partial charge in [0.05, 0.1) is 25.2 Å². The summed E-state index contributed by atoms with van der Waals surface area (Å²) >= 11 is 0. The van der Waals surface area contributed by atoms with E-state index in [0.29, 0.717) is 30.6 Å². The van der Waals surface area contributed by atoms with E-state index < -0.39 is 52.7 Å². The third kappa shape index (κ3) is 3.50. The Bertz CT molecular complexity index is 1010. The average molecular weight is 459 g/mol. The predicted molar refractivity (Wildman–Crippen MR) is 115 cm³/mol. The van der Waals surface area contributed by atoms with Crippen molar-refractivity contribution >= 4 is 29.8 Å². The first-order valence-corrected chi connectivity index (χ1v) is 11.3. The van der Waals surface area contributed by atoms with Crippen LogP contribution in [0.4, 0.5) is 0 Å². The molecule has 33 heavy (non-hydrogen) atoms. The van der Waals surface area contributed by atoms with Crippen molar-refractivity contribution in [2.45, 2.75) is 58.7 Å². The topological polar surface area (TPSA) is 109 Å². The van der Waals surface area contributed by atoms with Crippen molar-refractivity contribution in [2.75, 3.05) is 7.11 Å². The second-order valence-corrected chi connectivity index (χ2v) is 9.92. The monoisotopic (exact) mass is 458 g/mol. The highest BCUT2D eigenvalue weighted by Gasteiger charge is 2.67. The van der Waals surface area contributed by atoms with Crippen LogP contribution in [0, 0.1) is 28.6 Å². The molecule has 2 saturated carbocycles. The summed E-state index contributed by atoms with van der Waals surface area (Å²) in [6.07, 6.45) is 2.81. The van der Waals surface area contributed by atoms with Crippen LogP contribution in [0.2, 0.25) is 0 Å². The Balaban J connectivity index is 1.81. The van der Waals surface area contributed by atoms with Gasteiger partial charge < -0.3 is 18.6 Å². The van der Waals surface area contributed by atoms with Crippen molar-refractivity contribution in [3.05, 3.63) is 30.2 Å². The van der Waals surface area contributed by atoms with Crippen LogP contribution in [0.5, 0.6) is 0 Å². The zero-order valence-electron chi connectivity index (χ0n) is 19.4. The van der Waals surface area contributed by atoms with Crippen LogP contribution in [0.25, 0.3) is 6.08 Å². The molecule has 0 N–H and O–H groups in total. The number of rotatable bonds is 4. The van der Waals surface area contributed by atoms with E-state index in [0.717, 1.165) is 0 Å². The number of Topliss-reactive ketones (excluding diaryl/α,β-unsaturated/α-hetero) is 1. The van der Waals surface area contributed by atoms with Gasteiger partial charge >= 0.3 is 17.9 Å². The Morgan fingerprint density at radius 3 is 2.61 bits per heavy atom. The van der Waals surface area contributed by atoms with Gasteiger partial charge in [-0.15, -0.1) is 0 Å². The minimum absolute atomic E-state index is 0.0784. The second kappa shape index (κ2) is 8.15.